The van der Waals surface area contributed by atoms with Gasteiger partial charge in [0, 0.05) is 10.5 Å². The van der Waals surface area contributed by atoms with Crippen molar-refractivity contribution >= 4 is 28.3 Å². The second-order valence-corrected chi connectivity index (χ2v) is 5.09. The molecular weight excluding hydrogens is 292 g/mol. The van der Waals surface area contributed by atoms with Crippen molar-refractivity contribution in [3.8, 4) is 0 Å². The largest absolute Gasteiger partial charge is 0.324 e. The lowest BCUT2D eigenvalue weighted by molar-refractivity contribution is 0.443. The van der Waals surface area contributed by atoms with Gasteiger partial charge in [-0.15, -0.1) is 12.4 Å². The molecule has 1 aliphatic rings. The highest BCUT2D eigenvalue weighted by atomic mass is 79.9. The van der Waals surface area contributed by atoms with E-state index in [9.17, 15) is 4.39 Å². The van der Waals surface area contributed by atoms with Crippen LogP contribution in [0.3, 0.4) is 0 Å². The Kier molecular flexibility index (Phi) is 5.22. The van der Waals surface area contributed by atoms with Crippen molar-refractivity contribution < 1.29 is 4.39 Å². The van der Waals surface area contributed by atoms with Crippen LogP contribution in [-0.2, 0) is 0 Å². The molecule has 1 nitrogen and oxygen atoms in total. The summed E-state index contributed by atoms with van der Waals surface area (Å²) in [4.78, 5) is 0. The van der Waals surface area contributed by atoms with E-state index in [2.05, 4.69) is 15.9 Å². The van der Waals surface area contributed by atoms with Crippen LogP contribution < -0.4 is 5.73 Å². The average molecular weight is 309 g/mol. The van der Waals surface area contributed by atoms with E-state index < -0.39 is 0 Å². The molecule has 0 aliphatic heterocycles. The van der Waals surface area contributed by atoms with Gasteiger partial charge in [-0.25, -0.2) is 4.39 Å². The maximum absolute atomic E-state index is 12.9. The van der Waals surface area contributed by atoms with E-state index in [1.54, 1.807) is 6.07 Å². The van der Waals surface area contributed by atoms with Gasteiger partial charge in [-0.05, 0) is 36.5 Å². The summed E-state index contributed by atoms with van der Waals surface area (Å²) in [6.45, 7) is 0. The molecule has 1 aromatic rings. The van der Waals surface area contributed by atoms with Gasteiger partial charge < -0.3 is 5.73 Å². The summed E-state index contributed by atoms with van der Waals surface area (Å²) in [5.74, 6) is 0.344. The Morgan fingerprint density at radius 3 is 2.50 bits per heavy atom. The van der Waals surface area contributed by atoms with Crippen LogP contribution in [0.5, 0.6) is 0 Å². The topological polar surface area (TPSA) is 26.0 Å². The van der Waals surface area contributed by atoms with Crippen LogP contribution in [0.15, 0.2) is 22.7 Å². The smallest absolute Gasteiger partial charge is 0.124 e. The maximum Gasteiger partial charge on any atom is 0.124 e. The number of hydrogen-bond donors (Lipinski definition) is 1. The third-order valence-corrected chi connectivity index (χ3v) is 3.92. The Morgan fingerprint density at radius 2 is 1.94 bits per heavy atom. The normalized spacial score (nSPS) is 18.2. The zero-order chi connectivity index (χ0) is 10.8. The summed E-state index contributed by atoms with van der Waals surface area (Å²) in [5.41, 5.74) is 7.23. The van der Waals surface area contributed by atoms with Crippen LogP contribution in [-0.4, -0.2) is 0 Å². The standard InChI is InChI=1S/C12H15BrFN.ClH/c13-11-7-9(14)5-6-10(11)12(15)8-3-1-2-4-8;/h5-8,12H,1-4,15H2;1H/t12-;/m1./s1. The highest BCUT2D eigenvalue weighted by molar-refractivity contribution is 9.10. The molecule has 1 aromatic carbocycles. The quantitative estimate of drug-likeness (QED) is 0.870. The van der Waals surface area contributed by atoms with Gasteiger partial charge in [0.15, 0.2) is 0 Å². The minimum Gasteiger partial charge on any atom is -0.324 e. The first-order valence-electron chi connectivity index (χ1n) is 5.39. The summed E-state index contributed by atoms with van der Waals surface area (Å²) in [7, 11) is 0. The first kappa shape index (κ1) is 13.9. The van der Waals surface area contributed by atoms with Gasteiger partial charge in [0.1, 0.15) is 5.82 Å². The van der Waals surface area contributed by atoms with Crippen molar-refractivity contribution in [2.45, 2.75) is 31.7 Å². The van der Waals surface area contributed by atoms with Crippen LogP contribution in [0.25, 0.3) is 0 Å². The molecule has 1 saturated carbocycles. The van der Waals surface area contributed by atoms with Crippen molar-refractivity contribution in [3.05, 3.63) is 34.1 Å². The molecule has 0 saturated heterocycles. The third kappa shape index (κ3) is 2.96. The lowest BCUT2D eigenvalue weighted by atomic mass is 9.92. The van der Waals surface area contributed by atoms with E-state index in [0.29, 0.717) is 5.92 Å². The van der Waals surface area contributed by atoms with Gasteiger partial charge in [0.2, 0.25) is 0 Å². The first-order chi connectivity index (χ1) is 7.18. The fourth-order valence-electron chi connectivity index (χ4n) is 2.34. The molecule has 90 valence electrons. The van der Waals surface area contributed by atoms with Crippen LogP contribution >= 0.6 is 28.3 Å². The van der Waals surface area contributed by atoms with Gasteiger partial charge in [-0.2, -0.15) is 0 Å². The molecule has 2 rings (SSSR count). The zero-order valence-electron chi connectivity index (χ0n) is 8.96. The maximum atomic E-state index is 12.9. The van der Waals surface area contributed by atoms with Crippen LogP contribution in [0.1, 0.15) is 37.3 Å². The Bertz CT molecular complexity index is 353. The minimum atomic E-state index is -0.218. The summed E-state index contributed by atoms with van der Waals surface area (Å²) in [5, 5.41) is 0. The van der Waals surface area contributed by atoms with E-state index in [4.69, 9.17) is 5.73 Å². The number of benzene rings is 1. The molecule has 0 aromatic heterocycles. The molecule has 0 heterocycles. The molecule has 1 atom stereocenters. The predicted molar refractivity (Wildman–Crippen MR) is 70.2 cm³/mol. The van der Waals surface area contributed by atoms with E-state index in [-0.39, 0.29) is 24.3 Å². The molecule has 16 heavy (non-hydrogen) atoms. The second kappa shape index (κ2) is 5.99. The second-order valence-electron chi connectivity index (χ2n) is 4.24. The van der Waals surface area contributed by atoms with Crippen molar-refractivity contribution in [3.63, 3.8) is 0 Å². The molecule has 0 amide bonds. The Hall–Kier alpha value is -0.120. The van der Waals surface area contributed by atoms with E-state index >= 15 is 0 Å². The van der Waals surface area contributed by atoms with Crippen LogP contribution in [0.4, 0.5) is 4.39 Å². The lowest BCUT2D eigenvalue weighted by Crippen LogP contribution is -2.19. The molecule has 0 unspecified atom stereocenters. The van der Waals surface area contributed by atoms with Crippen molar-refractivity contribution in [1.29, 1.82) is 0 Å². The molecule has 0 bridgehead atoms. The Balaban J connectivity index is 0.00000128. The number of nitrogens with two attached hydrogens (primary N) is 1. The van der Waals surface area contributed by atoms with Crippen molar-refractivity contribution in [1.82, 2.24) is 0 Å². The zero-order valence-corrected chi connectivity index (χ0v) is 11.4. The monoisotopic (exact) mass is 307 g/mol. The van der Waals surface area contributed by atoms with Gasteiger partial charge in [-0.3, -0.25) is 0 Å². The third-order valence-electron chi connectivity index (χ3n) is 3.23. The molecular formula is C12H16BrClFN. The SMILES string of the molecule is Cl.N[C@@H](c1ccc(F)cc1Br)C1CCCC1. The minimum absolute atomic E-state index is 0. The molecule has 1 fully saturated rings. The predicted octanol–water partition coefficient (Wildman–Crippen LogP) is 4.20. The van der Waals surface area contributed by atoms with Gasteiger partial charge in [-0.1, -0.05) is 34.8 Å². The Labute approximate surface area is 110 Å². The first-order valence-corrected chi connectivity index (χ1v) is 6.18. The summed E-state index contributed by atoms with van der Waals surface area (Å²) >= 11 is 3.37. The Morgan fingerprint density at radius 1 is 1.31 bits per heavy atom. The lowest BCUT2D eigenvalue weighted by Gasteiger charge is -2.20. The highest BCUT2D eigenvalue weighted by Crippen LogP contribution is 2.36. The van der Waals surface area contributed by atoms with E-state index in [1.807, 2.05) is 0 Å². The van der Waals surface area contributed by atoms with E-state index in [0.717, 1.165) is 10.0 Å². The fraction of sp³-hybridized carbons (Fsp3) is 0.500. The van der Waals surface area contributed by atoms with E-state index in [1.165, 1.54) is 37.8 Å². The molecule has 4 heteroatoms. The molecule has 2 N–H and O–H groups in total. The van der Waals surface area contributed by atoms with Crippen molar-refractivity contribution in [2.24, 2.45) is 11.7 Å². The summed E-state index contributed by atoms with van der Waals surface area (Å²) in [6, 6.07) is 4.81. The number of rotatable bonds is 2. The number of hydrogen-bond acceptors (Lipinski definition) is 1. The van der Waals surface area contributed by atoms with Gasteiger partial charge >= 0.3 is 0 Å². The summed E-state index contributed by atoms with van der Waals surface area (Å²) < 4.78 is 13.7. The fourth-order valence-corrected chi connectivity index (χ4v) is 2.96. The van der Waals surface area contributed by atoms with Crippen LogP contribution in [0, 0.1) is 11.7 Å². The summed E-state index contributed by atoms with van der Waals surface area (Å²) in [6.07, 6.45) is 4.95. The van der Waals surface area contributed by atoms with Gasteiger partial charge in [0.25, 0.3) is 0 Å². The van der Waals surface area contributed by atoms with Crippen molar-refractivity contribution in [2.75, 3.05) is 0 Å². The number of halogens is 3. The molecule has 1 aliphatic carbocycles. The average Bonchev–Trinajstić information content (AvgIpc) is 2.69. The molecule has 0 spiro atoms. The molecule has 0 radical (unpaired) electrons. The highest BCUT2D eigenvalue weighted by Gasteiger charge is 2.24. The van der Waals surface area contributed by atoms with Crippen LogP contribution in [0.2, 0.25) is 0 Å². The van der Waals surface area contributed by atoms with Gasteiger partial charge in [0.05, 0.1) is 0 Å².